The van der Waals surface area contributed by atoms with Crippen molar-refractivity contribution in [2.24, 2.45) is 5.92 Å². The molecule has 0 unspecified atom stereocenters. The van der Waals surface area contributed by atoms with Crippen molar-refractivity contribution in [3.05, 3.63) is 36.2 Å². The summed E-state index contributed by atoms with van der Waals surface area (Å²) < 4.78 is 2.25. The number of benzene rings is 1. The van der Waals surface area contributed by atoms with Crippen LogP contribution in [0.3, 0.4) is 0 Å². The van der Waals surface area contributed by atoms with E-state index in [0.29, 0.717) is 11.8 Å². The highest BCUT2D eigenvalue weighted by atomic mass is 15.3. The third kappa shape index (κ3) is 2.61. The largest absolute Gasteiger partial charge is 0.311 e. The second kappa shape index (κ2) is 5.34. The fraction of sp³-hybridized carbons (Fsp3) is 0.467. The van der Waals surface area contributed by atoms with Crippen molar-refractivity contribution in [2.45, 2.75) is 40.2 Å². The van der Waals surface area contributed by atoms with Crippen molar-refractivity contribution in [3.8, 4) is 11.4 Å². The molecule has 1 heterocycles. The van der Waals surface area contributed by atoms with Crippen molar-refractivity contribution in [3.63, 3.8) is 0 Å². The second-order valence-electron chi connectivity index (χ2n) is 5.41. The van der Waals surface area contributed by atoms with Gasteiger partial charge in [0.1, 0.15) is 5.82 Å². The standard InChI is InChI=1S/C15H21N3/c1-11(2)10-18-14(12(3)4)16-17-15(18)13-8-6-5-7-9-13/h5-9,11-12H,10H2,1-4H3. The van der Waals surface area contributed by atoms with Crippen LogP contribution < -0.4 is 0 Å². The van der Waals surface area contributed by atoms with Crippen LogP contribution in [0.5, 0.6) is 0 Å². The van der Waals surface area contributed by atoms with Gasteiger partial charge in [0, 0.05) is 18.0 Å². The zero-order valence-corrected chi connectivity index (χ0v) is 11.6. The molecule has 0 aliphatic carbocycles. The Hall–Kier alpha value is -1.64. The monoisotopic (exact) mass is 243 g/mol. The molecule has 0 bridgehead atoms. The molecule has 0 aliphatic rings. The molecule has 1 aromatic heterocycles. The van der Waals surface area contributed by atoms with E-state index in [1.54, 1.807) is 0 Å². The predicted octanol–water partition coefficient (Wildman–Crippen LogP) is 3.72. The van der Waals surface area contributed by atoms with Gasteiger partial charge in [-0.25, -0.2) is 0 Å². The average Bonchev–Trinajstić information content (AvgIpc) is 2.73. The van der Waals surface area contributed by atoms with Gasteiger partial charge in [-0.15, -0.1) is 10.2 Å². The first-order valence-electron chi connectivity index (χ1n) is 6.58. The first kappa shape index (κ1) is 12.8. The third-order valence-electron chi connectivity index (χ3n) is 2.88. The third-order valence-corrected chi connectivity index (χ3v) is 2.88. The first-order chi connectivity index (χ1) is 8.59. The zero-order chi connectivity index (χ0) is 13.1. The zero-order valence-electron chi connectivity index (χ0n) is 11.6. The normalized spacial score (nSPS) is 11.4. The Morgan fingerprint density at radius 1 is 1.00 bits per heavy atom. The molecule has 0 atom stereocenters. The molecular formula is C15H21N3. The molecule has 2 rings (SSSR count). The first-order valence-corrected chi connectivity index (χ1v) is 6.58. The maximum absolute atomic E-state index is 4.37. The topological polar surface area (TPSA) is 30.7 Å². The summed E-state index contributed by atoms with van der Waals surface area (Å²) in [6.07, 6.45) is 0. The summed E-state index contributed by atoms with van der Waals surface area (Å²) in [6.45, 7) is 9.73. The molecule has 3 nitrogen and oxygen atoms in total. The van der Waals surface area contributed by atoms with E-state index in [9.17, 15) is 0 Å². The van der Waals surface area contributed by atoms with Crippen LogP contribution in [0.1, 0.15) is 39.4 Å². The Kier molecular flexibility index (Phi) is 3.80. The lowest BCUT2D eigenvalue weighted by atomic mass is 10.1. The van der Waals surface area contributed by atoms with Crippen LogP contribution in [0, 0.1) is 5.92 Å². The Balaban J connectivity index is 2.48. The Morgan fingerprint density at radius 3 is 2.22 bits per heavy atom. The summed E-state index contributed by atoms with van der Waals surface area (Å²) in [4.78, 5) is 0. The number of hydrogen-bond acceptors (Lipinski definition) is 2. The van der Waals surface area contributed by atoms with Crippen molar-refractivity contribution < 1.29 is 0 Å². The van der Waals surface area contributed by atoms with E-state index >= 15 is 0 Å². The summed E-state index contributed by atoms with van der Waals surface area (Å²) in [5, 5.41) is 8.73. The minimum atomic E-state index is 0.397. The molecule has 0 N–H and O–H groups in total. The van der Waals surface area contributed by atoms with E-state index in [1.165, 1.54) is 0 Å². The highest BCUT2D eigenvalue weighted by Gasteiger charge is 2.16. The van der Waals surface area contributed by atoms with Gasteiger partial charge in [0.15, 0.2) is 5.82 Å². The van der Waals surface area contributed by atoms with Gasteiger partial charge in [-0.3, -0.25) is 0 Å². The lowest BCUT2D eigenvalue weighted by Crippen LogP contribution is -2.11. The van der Waals surface area contributed by atoms with Crippen LogP contribution in [-0.2, 0) is 6.54 Å². The van der Waals surface area contributed by atoms with Gasteiger partial charge in [-0.2, -0.15) is 0 Å². The molecule has 1 aromatic carbocycles. The highest BCUT2D eigenvalue weighted by molar-refractivity contribution is 5.55. The Morgan fingerprint density at radius 2 is 1.67 bits per heavy atom. The molecule has 0 amide bonds. The van der Waals surface area contributed by atoms with Crippen LogP contribution in [0.15, 0.2) is 30.3 Å². The van der Waals surface area contributed by atoms with Gasteiger partial charge < -0.3 is 4.57 Å². The number of nitrogens with zero attached hydrogens (tertiary/aromatic N) is 3. The molecule has 0 aliphatic heterocycles. The summed E-state index contributed by atoms with van der Waals surface area (Å²) in [6, 6.07) is 10.3. The summed E-state index contributed by atoms with van der Waals surface area (Å²) >= 11 is 0. The summed E-state index contributed by atoms with van der Waals surface area (Å²) in [5.74, 6) is 3.03. The van der Waals surface area contributed by atoms with Crippen molar-refractivity contribution in [1.82, 2.24) is 14.8 Å². The van der Waals surface area contributed by atoms with Gasteiger partial charge in [-0.1, -0.05) is 58.0 Å². The number of hydrogen-bond donors (Lipinski definition) is 0. The van der Waals surface area contributed by atoms with E-state index < -0.39 is 0 Å². The number of rotatable bonds is 4. The minimum absolute atomic E-state index is 0.397. The van der Waals surface area contributed by atoms with E-state index in [4.69, 9.17) is 0 Å². The molecule has 3 heteroatoms. The quantitative estimate of drug-likeness (QED) is 0.819. The van der Waals surface area contributed by atoms with Crippen molar-refractivity contribution in [1.29, 1.82) is 0 Å². The lowest BCUT2D eigenvalue weighted by molar-refractivity contribution is 0.501. The van der Waals surface area contributed by atoms with Crippen molar-refractivity contribution in [2.75, 3.05) is 0 Å². The molecular weight excluding hydrogens is 222 g/mol. The van der Waals surface area contributed by atoms with Gasteiger partial charge in [-0.05, 0) is 5.92 Å². The molecule has 0 saturated carbocycles. The fourth-order valence-corrected chi connectivity index (χ4v) is 2.09. The van der Waals surface area contributed by atoms with Crippen LogP contribution in [0.2, 0.25) is 0 Å². The smallest absolute Gasteiger partial charge is 0.163 e. The van der Waals surface area contributed by atoms with Crippen LogP contribution >= 0.6 is 0 Å². The average molecular weight is 243 g/mol. The van der Waals surface area contributed by atoms with Crippen LogP contribution in [0.4, 0.5) is 0 Å². The number of aromatic nitrogens is 3. The molecule has 0 radical (unpaired) electrons. The molecule has 96 valence electrons. The van der Waals surface area contributed by atoms with E-state index in [2.05, 4.69) is 54.6 Å². The molecule has 2 aromatic rings. The van der Waals surface area contributed by atoms with E-state index in [0.717, 1.165) is 23.8 Å². The maximum atomic E-state index is 4.37. The van der Waals surface area contributed by atoms with Crippen LogP contribution in [-0.4, -0.2) is 14.8 Å². The van der Waals surface area contributed by atoms with Gasteiger partial charge in [0.2, 0.25) is 0 Å². The summed E-state index contributed by atoms with van der Waals surface area (Å²) in [5.41, 5.74) is 1.14. The molecule has 18 heavy (non-hydrogen) atoms. The van der Waals surface area contributed by atoms with Gasteiger partial charge in [0.25, 0.3) is 0 Å². The van der Waals surface area contributed by atoms with E-state index in [-0.39, 0.29) is 0 Å². The predicted molar refractivity (Wildman–Crippen MR) is 74.4 cm³/mol. The Bertz CT molecular complexity index is 498. The van der Waals surface area contributed by atoms with Crippen LogP contribution in [0.25, 0.3) is 11.4 Å². The minimum Gasteiger partial charge on any atom is -0.311 e. The molecule has 0 saturated heterocycles. The highest BCUT2D eigenvalue weighted by Crippen LogP contribution is 2.23. The van der Waals surface area contributed by atoms with E-state index in [1.807, 2.05) is 18.2 Å². The fourth-order valence-electron chi connectivity index (χ4n) is 2.09. The van der Waals surface area contributed by atoms with Crippen molar-refractivity contribution >= 4 is 0 Å². The summed E-state index contributed by atoms with van der Waals surface area (Å²) in [7, 11) is 0. The second-order valence-corrected chi connectivity index (χ2v) is 5.41. The van der Waals surface area contributed by atoms with Gasteiger partial charge in [0.05, 0.1) is 0 Å². The molecule has 0 fully saturated rings. The molecule has 0 spiro atoms. The Labute approximate surface area is 109 Å². The maximum Gasteiger partial charge on any atom is 0.163 e. The lowest BCUT2D eigenvalue weighted by Gasteiger charge is -2.14. The SMILES string of the molecule is CC(C)Cn1c(-c2ccccc2)nnc1C(C)C. The van der Waals surface area contributed by atoms with Gasteiger partial charge >= 0.3 is 0 Å².